The molecule has 5 nitrogen and oxygen atoms in total. The largest absolute Gasteiger partial charge is 0.497 e. The number of hydrogen-bond acceptors (Lipinski definition) is 4. The fourth-order valence-electron chi connectivity index (χ4n) is 1.87. The molecule has 1 aromatic carbocycles. The lowest BCUT2D eigenvalue weighted by molar-refractivity contribution is 0.415. The third-order valence-corrected chi connectivity index (χ3v) is 2.83. The first-order chi connectivity index (χ1) is 8.54. The van der Waals surface area contributed by atoms with Gasteiger partial charge in [0.25, 0.3) is 0 Å². The van der Waals surface area contributed by atoms with Crippen LogP contribution in [-0.2, 0) is 0 Å². The van der Waals surface area contributed by atoms with E-state index in [1.54, 1.807) is 7.11 Å². The third kappa shape index (κ3) is 1.99. The number of nitrogen functional groups attached to an aromatic ring is 2. The molecule has 2 aromatic rings. The van der Waals surface area contributed by atoms with Gasteiger partial charge >= 0.3 is 0 Å². The van der Waals surface area contributed by atoms with Crippen LogP contribution in [0.25, 0.3) is 11.3 Å². The van der Waals surface area contributed by atoms with Crippen LogP contribution in [0.1, 0.15) is 19.9 Å². The van der Waals surface area contributed by atoms with Crippen molar-refractivity contribution in [3.8, 4) is 17.0 Å². The van der Waals surface area contributed by atoms with E-state index in [9.17, 15) is 0 Å². The molecular weight excluding hydrogens is 228 g/mol. The second kappa shape index (κ2) is 4.60. The van der Waals surface area contributed by atoms with Gasteiger partial charge in [0.1, 0.15) is 11.4 Å². The molecule has 0 saturated heterocycles. The summed E-state index contributed by atoms with van der Waals surface area (Å²) in [5, 5.41) is 4.27. The summed E-state index contributed by atoms with van der Waals surface area (Å²) in [7, 11) is 1.64. The summed E-state index contributed by atoms with van der Waals surface area (Å²) >= 11 is 0. The Kier molecular flexibility index (Phi) is 3.14. The van der Waals surface area contributed by atoms with Gasteiger partial charge in [0, 0.05) is 11.6 Å². The van der Waals surface area contributed by atoms with E-state index in [2.05, 4.69) is 5.10 Å². The second-order valence-electron chi connectivity index (χ2n) is 4.41. The van der Waals surface area contributed by atoms with Gasteiger partial charge in [-0.25, -0.2) is 0 Å². The van der Waals surface area contributed by atoms with Gasteiger partial charge in [-0.05, 0) is 38.1 Å². The summed E-state index contributed by atoms with van der Waals surface area (Å²) in [4.78, 5) is 0. The molecule has 96 valence electrons. The molecule has 0 bridgehead atoms. The van der Waals surface area contributed by atoms with Crippen LogP contribution in [0.3, 0.4) is 0 Å². The first-order valence-corrected chi connectivity index (χ1v) is 5.82. The highest BCUT2D eigenvalue weighted by molar-refractivity contribution is 5.80. The van der Waals surface area contributed by atoms with Crippen LogP contribution in [-0.4, -0.2) is 16.9 Å². The first kappa shape index (κ1) is 12.3. The van der Waals surface area contributed by atoms with Gasteiger partial charge in [0.15, 0.2) is 5.82 Å². The van der Waals surface area contributed by atoms with Gasteiger partial charge in [-0.3, -0.25) is 4.68 Å². The predicted octanol–water partition coefficient (Wildman–Crippen LogP) is 2.30. The van der Waals surface area contributed by atoms with E-state index >= 15 is 0 Å². The van der Waals surface area contributed by atoms with Crippen molar-refractivity contribution >= 4 is 11.5 Å². The minimum Gasteiger partial charge on any atom is -0.497 e. The zero-order valence-corrected chi connectivity index (χ0v) is 10.8. The Morgan fingerprint density at radius 3 is 2.28 bits per heavy atom. The molecule has 0 spiro atoms. The van der Waals surface area contributed by atoms with Crippen molar-refractivity contribution in [2.24, 2.45) is 0 Å². The van der Waals surface area contributed by atoms with Crippen molar-refractivity contribution in [3.63, 3.8) is 0 Å². The summed E-state index contributed by atoms with van der Waals surface area (Å²) < 4.78 is 6.98. The lowest BCUT2D eigenvalue weighted by atomic mass is 10.1. The second-order valence-corrected chi connectivity index (χ2v) is 4.41. The van der Waals surface area contributed by atoms with Crippen LogP contribution < -0.4 is 16.2 Å². The molecule has 0 aliphatic heterocycles. The molecule has 0 atom stereocenters. The molecule has 2 rings (SSSR count). The summed E-state index contributed by atoms with van der Waals surface area (Å²) in [5.41, 5.74) is 14.1. The maximum Gasteiger partial charge on any atom is 0.169 e. The van der Waals surface area contributed by atoms with E-state index in [0.717, 1.165) is 17.0 Å². The van der Waals surface area contributed by atoms with Gasteiger partial charge in [-0.15, -0.1) is 0 Å². The van der Waals surface area contributed by atoms with Crippen LogP contribution in [0.15, 0.2) is 24.3 Å². The molecule has 0 fully saturated rings. The SMILES string of the molecule is COc1ccc(-c2c(N)c(N)nn2C(C)C)cc1. The molecule has 18 heavy (non-hydrogen) atoms. The number of methoxy groups -OCH3 is 1. The molecule has 0 saturated carbocycles. The minimum atomic E-state index is 0.196. The number of nitrogens with zero attached hydrogens (tertiary/aromatic N) is 2. The summed E-state index contributed by atoms with van der Waals surface area (Å²) in [6.07, 6.45) is 0. The monoisotopic (exact) mass is 246 g/mol. The zero-order valence-electron chi connectivity index (χ0n) is 10.8. The number of benzene rings is 1. The average Bonchev–Trinajstić information content (AvgIpc) is 2.66. The van der Waals surface area contributed by atoms with Crippen molar-refractivity contribution in [1.82, 2.24) is 9.78 Å². The van der Waals surface area contributed by atoms with Crippen LogP contribution in [0, 0.1) is 0 Å². The highest BCUT2D eigenvalue weighted by Gasteiger charge is 2.16. The molecule has 0 aliphatic carbocycles. The maximum atomic E-state index is 6.00. The summed E-state index contributed by atoms with van der Waals surface area (Å²) in [5.74, 6) is 1.18. The van der Waals surface area contributed by atoms with Crippen molar-refractivity contribution in [1.29, 1.82) is 0 Å². The van der Waals surface area contributed by atoms with Gasteiger partial charge in [-0.1, -0.05) is 0 Å². The maximum absolute atomic E-state index is 6.00. The Morgan fingerprint density at radius 1 is 1.17 bits per heavy atom. The van der Waals surface area contributed by atoms with Crippen molar-refractivity contribution in [2.75, 3.05) is 18.6 Å². The van der Waals surface area contributed by atoms with Crippen LogP contribution in [0.5, 0.6) is 5.75 Å². The predicted molar refractivity (Wildman–Crippen MR) is 73.4 cm³/mol. The smallest absolute Gasteiger partial charge is 0.169 e. The van der Waals surface area contributed by atoms with Crippen LogP contribution in [0.4, 0.5) is 11.5 Å². The van der Waals surface area contributed by atoms with Crippen molar-refractivity contribution in [3.05, 3.63) is 24.3 Å². The number of ether oxygens (including phenoxy) is 1. The van der Waals surface area contributed by atoms with Gasteiger partial charge < -0.3 is 16.2 Å². The number of hydrogen-bond donors (Lipinski definition) is 2. The highest BCUT2D eigenvalue weighted by Crippen LogP contribution is 2.33. The minimum absolute atomic E-state index is 0.196. The number of rotatable bonds is 3. The molecule has 0 radical (unpaired) electrons. The third-order valence-electron chi connectivity index (χ3n) is 2.83. The molecular formula is C13H18N4O. The topological polar surface area (TPSA) is 79.1 Å². The Morgan fingerprint density at radius 2 is 1.78 bits per heavy atom. The molecule has 1 aromatic heterocycles. The Hall–Kier alpha value is -2.17. The lowest BCUT2D eigenvalue weighted by Gasteiger charge is -2.11. The summed E-state index contributed by atoms with van der Waals surface area (Å²) in [6.45, 7) is 4.08. The van der Waals surface area contributed by atoms with Crippen LogP contribution in [0.2, 0.25) is 0 Å². The highest BCUT2D eigenvalue weighted by atomic mass is 16.5. The fourth-order valence-corrected chi connectivity index (χ4v) is 1.87. The Balaban J connectivity index is 2.54. The molecule has 0 aliphatic rings. The van der Waals surface area contributed by atoms with E-state index < -0.39 is 0 Å². The molecule has 1 heterocycles. The molecule has 0 unspecified atom stereocenters. The molecule has 4 N–H and O–H groups in total. The van der Waals surface area contributed by atoms with Crippen molar-refractivity contribution < 1.29 is 4.74 Å². The summed E-state index contributed by atoms with van der Waals surface area (Å²) in [6, 6.07) is 7.88. The molecule has 5 heteroatoms. The average molecular weight is 246 g/mol. The normalized spacial score (nSPS) is 10.9. The van der Waals surface area contributed by atoms with Crippen LogP contribution >= 0.6 is 0 Å². The quantitative estimate of drug-likeness (QED) is 0.871. The van der Waals surface area contributed by atoms with E-state index in [4.69, 9.17) is 16.2 Å². The number of nitrogens with two attached hydrogens (primary N) is 2. The standard InChI is InChI=1S/C13H18N4O/c1-8(2)17-12(11(14)13(15)16-17)9-4-6-10(18-3)7-5-9/h4-8H,14H2,1-3H3,(H2,15,16). The zero-order chi connectivity index (χ0) is 13.3. The molecule has 0 amide bonds. The van der Waals surface area contributed by atoms with E-state index in [0.29, 0.717) is 11.5 Å². The van der Waals surface area contributed by atoms with E-state index in [-0.39, 0.29) is 6.04 Å². The van der Waals surface area contributed by atoms with Gasteiger partial charge in [0.2, 0.25) is 0 Å². The van der Waals surface area contributed by atoms with Crippen molar-refractivity contribution in [2.45, 2.75) is 19.9 Å². The fraction of sp³-hybridized carbons (Fsp3) is 0.308. The Bertz CT molecular complexity index is 543. The van der Waals surface area contributed by atoms with Gasteiger partial charge in [0.05, 0.1) is 12.8 Å². The van der Waals surface area contributed by atoms with Gasteiger partial charge in [-0.2, -0.15) is 5.10 Å². The first-order valence-electron chi connectivity index (χ1n) is 5.82. The van der Waals surface area contributed by atoms with E-state index in [1.165, 1.54) is 0 Å². The lowest BCUT2D eigenvalue weighted by Crippen LogP contribution is -2.05. The number of anilines is 2. The Labute approximate surface area is 106 Å². The number of aromatic nitrogens is 2. The van der Waals surface area contributed by atoms with E-state index in [1.807, 2.05) is 42.8 Å².